The number of nitrogens with one attached hydrogen (secondary N) is 2. The highest BCUT2D eigenvalue weighted by Gasteiger charge is 2.37. The van der Waals surface area contributed by atoms with Gasteiger partial charge in [-0.2, -0.15) is 0 Å². The molecule has 0 spiro atoms. The molecular formula is C25H22ClN3O2S. The summed E-state index contributed by atoms with van der Waals surface area (Å²) in [4.78, 5) is 33.9. The number of aromatic nitrogens is 2. The second kappa shape index (κ2) is 8.60. The number of Topliss-reactive ketones (excluding diaryl/α,β-unsaturated/α-hetero) is 1. The highest BCUT2D eigenvalue weighted by atomic mass is 35.5. The third-order valence-corrected chi connectivity index (χ3v) is 7.13. The summed E-state index contributed by atoms with van der Waals surface area (Å²) in [6, 6.07) is 15.7. The number of aromatic amines is 1. The zero-order valence-electron chi connectivity index (χ0n) is 17.6. The maximum Gasteiger partial charge on any atom is 0.257 e. The van der Waals surface area contributed by atoms with E-state index in [0.717, 1.165) is 35.2 Å². The van der Waals surface area contributed by atoms with Gasteiger partial charge < -0.3 is 10.3 Å². The Kier molecular flexibility index (Phi) is 5.66. The lowest BCUT2D eigenvalue weighted by molar-refractivity contribution is -0.116. The number of ketones is 1. The Hall–Kier alpha value is -2.83. The molecule has 0 saturated heterocycles. The molecule has 1 unspecified atom stereocenters. The Labute approximate surface area is 195 Å². The fraction of sp³-hybridized carbons (Fsp3) is 0.240. The summed E-state index contributed by atoms with van der Waals surface area (Å²) in [5.74, 6) is 0.912. The lowest BCUT2D eigenvalue weighted by Gasteiger charge is -2.32. The van der Waals surface area contributed by atoms with Crippen molar-refractivity contribution in [2.75, 3.05) is 5.32 Å². The van der Waals surface area contributed by atoms with E-state index in [1.54, 1.807) is 0 Å². The van der Waals surface area contributed by atoms with Crippen LogP contribution in [0.15, 0.2) is 69.8 Å². The number of carbonyl (C=O) groups is 1. The normalized spacial score (nSPS) is 17.6. The van der Waals surface area contributed by atoms with E-state index in [2.05, 4.69) is 10.3 Å². The Morgan fingerprint density at radius 1 is 1.06 bits per heavy atom. The van der Waals surface area contributed by atoms with Gasteiger partial charge in [-0.1, -0.05) is 65.3 Å². The minimum atomic E-state index is -0.402. The van der Waals surface area contributed by atoms with Gasteiger partial charge in [-0.15, -0.1) is 0 Å². The first-order valence-electron chi connectivity index (χ1n) is 10.6. The van der Waals surface area contributed by atoms with Crippen molar-refractivity contribution < 1.29 is 4.79 Å². The lowest BCUT2D eigenvalue weighted by Crippen LogP contribution is -2.32. The van der Waals surface area contributed by atoms with Crippen molar-refractivity contribution in [1.29, 1.82) is 0 Å². The summed E-state index contributed by atoms with van der Waals surface area (Å²) >= 11 is 7.43. The number of thioether (sulfide) groups is 1. The molecule has 1 aliphatic heterocycles. The van der Waals surface area contributed by atoms with Crippen molar-refractivity contribution >= 4 is 35.0 Å². The van der Waals surface area contributed by atoms with Crippen LogP contribution in [-0.2, 0) is 10.5 Å². The topological polar surface area (TPSA) is 74.8 Å². The number of anilines is 1. The molecule has 162 valence electrons. The van der Waals surface area contributed by atoms with Gasteiger partial charge in [0.2, 0.25) is 0 Å². The van der Waals surface area contributed by atoms with Crippen LogP contribution in [0.4, 0.5) is 5.82 Å². The zero-order chi connectivity index (χ0) is 22.2. The molecule has 5 nitrogen and oxygen atoms in total. The molecule has 2 N–H and O–H groups in total. The number of carbonyl (C=O) groups excluding carboxylic acids is 1. The predicted molar refractivity (Wildman–Crippen MR) is 128 cm³/mol. The fourth-order valence-corrected chi connectivity index (χ4v) is 5.28. The van der Waals surface area contributed by atoms with Crippen molar-refractivity contribution in [2.24, 2.45) is 0 Å². The summed E-state index contributed by atoms with van der Waals surface area (Å²) < 4.78 is 0. The van der Waals surface area contributed by atoms with Gasteiger partial charge in [0, 0.05) is 34.4 Å². The van der Waals surface area contributed by atoms with Crippen molar-refractivity contribution in [2.45, 2.75) is 43.0 Å². The Balaban J connectivity index is 1.54. The van der Waals surface area contributed by atoms with Crippen LogP contribution in [0.1, 0.15) is 47.4 Å². The third-order valence-electron chi connectivity index (χ3n) is 5.94. The first-order chi connectivity index (χ1) is 15.5. The largest absolute Gasteiger partial charge is 0.343 e. The molecule has 0 saturated carbocycles. The number of fused-ring (bicyclic) bond motifs is 1. The van der Waals surface area contributed by atoms with Crippen LogP contribution in [0.2, 0.25) is 5.02 Å². The average molecular weight is 464 g/mol. The van der Waals surface area contributed by atoms with Gasteiger partial charge in [0.15, 0.2) is 10.9 Å². The van der Waals surface area contributed by atoms with E-state index in [0.29, 0.717) is 39.3 Å². The number of rotatable bonds is 4. The standard InChI is InChI=1S/C25H22ClN3O2S/c1-14-5-9-16(10-6-14)20-21-18(3-2-4-19(21)30)27-23-22(20)24(31)29-25(28-23)32-13-15-7-11-17(26)12-8-15/h5-12,20H,2-4,13H2,1H3,(H2,27,28,29,31). The van der Waals surface area contributed by atoms with Crippen molar-refractivity contribution in [3.8, 4) is 0 Å². The maximum absolute atomic E-state index is 13.3. The molecule has 7 heteroatoms. The number of aryl methyl sites for hydroxylation is 1. The first kappa shape index (κ1) is 21.0. The quantitative estimate of drug-likeness (QED) is 0.389. The van der Waals surface area contributed by atoms with Gasteiger partial charge in [-0.05, 0) is 43.0 Å². The summed E-state index contributed by atoms with van der Waals surface area (Å²) in [6.07, 6.45) is 2.10. The highest BCUT2D eigenvalue weighted by Crippen LogP contribution is 2.43. The van der Waals surface area contributed by atoms with Crippen LogP contribution in [0.5, 0.6) is 0 Å². The van der Waals surface area contributed by atoms with Crippen LogP contribution < -0.4 is 10.9 Å². The minimum absolute atomic E-state index is 0.107. The van der Waals surface area contributed by atoms with E-state index in [-0.39, 0.29) is 11.3 Å². The maximum atomic E-state index is 13.3. The molecule has 1 aliphatic carbocycles. The Morgan fingerprint density at radius 3 is 2.56 bits per heavy atom. The van der Waals surface area contributed by atoms with Gasteiger partial charge in [0.05, 0.1) is 5.56 Å². The molecule has 32 heavy (non-hydrogen) atoms. The second-order valence-corrected chi connectivity index (χ2v) is 9.59. The van der Waals surface area contributed by atoms with Gasteiger partial charge >= 0.3 is 0 Å². The Morgan fingerprint density at radius 2 is 1.81 bits per heavy atom. The van der Waals surface area contributed by atoms with E-state index in [1.807, 2.05) is 55.5 Å². The molecule has 0 fully saturated rings. The number of H-pyrrole nitrogens is 1. The summed E-state index contributed by atoms with van der Waals surface area (Å²) in [6.45, 7) is 2.02. The van der Waals surface area contributed by atoms with E-state index >= 15 is 0 Å². The summed E-state index contributed by atoms with van der Waals surface area (Å²) in [7, 11) is 0. The molecule has 2 heterocycles. The lowest BCUT2D eigenvalue weighted by atomic mass is 9.76. The number of halogens is 1. The van der Waals surface area contributed by atoms with Crippen LogP contribution in [0, 0.1) is 6.92 Å². The Bertz CT molecular complexity index is 1280. The van der Waals surface area contributed by atoms with Crippen molar-refractivity contribution in [1.82, 2.24) is 9.97 Å². The minimum Gasteiger partial charge on any atom is -0.343 e. The molecule has 5 rings (SSSR count). The smallest absolute Gasteiger partial charge is 0.257 e. The number of hydrogen-bond acceptors (Lipinski definition) is 5. The highest BCUT2D eigenvalue weighted by molar-refractivity contribution is 7.98. The molecule has 1 atom stereocenters. The number of allylic oxidation sites excluding steroid dienone is 2. The molecule has 0 bridgehead atoms. The van der Waals surface area contributed by atoms with Crippen molar-refractivity contribution in [3.05, 3.63) is 97.4 Å². The first-order valence-corrected chi connectivity index (χ1v) is 12.0. The molecule has 2 aliphatic rings. The van der Waals surface area contributed by atoms with E-state index in [4.69, 9.17) is 16.6 Å². The van der Waals surface area contributed by atoms with Gasteiger partial charge in [-0.3, -0.25) is 9.59 Å². The molecule has 0 radical (unpaired) electrons. The number of nitrogens with zero attached hydrogens (tertiary/aromatic N) is 1. The van der Waals surface area contributed by atoms with E-state index < -0.39 is 5.92 Å². The van der Waals surface area contributed by atoms with E-state index in [1.165, 1.54) is 11.8 Å². The molecule has 3 aromatic rings. The molecule has 2 aromatic carbocycles. The third kappa shape index (κ3) is 4.00. The van der Waals surface area contributed by atoms with Crippen LogP contribution in [-0.4, -0.2) is 15.8 Å². The monoisotopic (exact) mass is 463 g/mol. The van der Waals surface area contributed by atoms with Crippen LogP contribution in [0.25, 0.3) is 0 Å². The number of hydrogen-bond donors (Lipinski definition) is 2. The molecule has 0 amide bonds. The average Bonchev–Trinajstić information content (AvgIpc) is 2.78. The molecule has 1 aromatic heterocycles. The molecular weight excluding hydrogens is 442 g/mol. The van der Waals surface area contributed by atoms with Crippen LogP contribution in [0.3, 0.4) is 0 Å². The SMILES string of the molecule is Cc1ccc(C2C3=C(CCCC3=O)Nc3nc(SCc4ccc(Cl)cc4)[nH]c(=O)c32)cc1. The predicted octanol–water partition coefficient (Wildman–Crippen LogP) is 5.59. The van der Waals surface area contributed by atoms with Crippen LogP contribution >= 0.6 is 23.4 Å². The van der Waals surface area contributed by atoms with Gasteiger partial charge in [-0.25, -0.2) is 4.98 Å². The van der Waals surface area contributed by atoms with E-state index in [9.17, 15) is 9.59 Å². The van der Waals surface area contributed by atoms with Crippen molar-refractivity contribution in [3.63, 3.8) is 0 Å². The van der Waals surface area contributed by atoms with Gasteiger partial charge in [0.25, 0.3) is 5.56 Å². The second-order valence-electron chi connectivity index (χ2n) is 8.19. The fourth-order valence-electron chi connectivity index (χ4n) is 4.33. The summed E-state index contributed by atoms with van der Waals surface area (Å²) in [5, 5.41) is 4.56. The summed E-state index contributed by atoms with van der Waals surface area (Å²) in [5.41, 5.74) is 5.07. The van der Waals surface area contributed by atoms with Gasteiger partial charge in [0.1, 0.15) is 5.82 Å². The number of benzene rings is 2. The zero-order valence-corrected chi connectivity index (χ0v) is 19.1.